The van der Waals surface area contributed by atoms with Gasteiger partial charge in [-0.3, -0.25) is 0 Å². The summed E-state index contributed by atoms with van der Waals surface area (Å²) >= 11 is 3.46. The topological polar surface area (TPSA) is 55.6 Å². The molecule has 1 aliphatic heterocycles. The van der Waals surface area contributed by atoms with Crippen molar-refractivity contribution in [3.05, 3.63) is 76.0 Å². The molecule has 0 amide bonds. The van der Waals surface area contributed by atoms with E-state index in [4.69, 9.17) is 0 Å². The summed E-state index contributed by atoms with van der Waals surface area (Å²) in [5, 5.41) is 14.8. The molecule has 5 nitrogen and oxygen atoms in total. The van der Waals surface area contributed by atoms with Gasteiger partial charge in [-0.05, 0) is 40.3 Å². The van der Waals surface area contributed by atoms with Crippen molar-refractivity contribution in [3.63, 3.8) is 0 Å². The smallest absolute Gasteiger partial charge is 0.248 e. The molecule has 1 unspecified atom stereocenters. The summed E-state index contributed by atoms with van der Waals surface area (Å²) < 4.78 is 16.8. The Kier molecular flexibility index (Phi) is 3.42. The average Bonchev–Trinajstić information content (AvgIpc) is 3.03. The molecule has 2 heterocycles. The standard InChI is InChI=1S/C16H11BrFN5/c17-11-5-3-4-10(8-11)14-9-15(12-6-1-2-7-13(12)18)23-16(19-14)20-21-22-23/h1-9,15H,(H,19,20,22). The minimum Gasteiger partial charge on any atom is -0.323 e. The summed E-state index contributed by atoms with van der Waals surface area (Å²) in [5.41, 5.74) is 2.33. The molecule has 0 bridgehead atoms. The number of fused-ring (bicyclic) bond motifs is 1. The van der Waals surface area contributed by atoms with E-state index in [2.05, 4.69) is 36.8 Å². The number of hydrogen-bond acceptors (Lipinski definition) is 4. The maximum atomic E-state index is 14.2. The number of tetrazole rings is 1. The molecule has 1 atom stereocenters. The van der Waals surface area contributed by atoms with E-state index in [0.29, 0.717) is 11.5 Å². The Bertz CT molecular complexity index is 905. The summed E-state index contributed by atoms with van der Waals surface area (Å²) in [4.78, 5) is 0. The SMILES string of the molecule is Fc1ccccc1C1C=C(c2cccc(Br)c2)Nc2nnnn21. The van der Waals surface area contributed by atoms with Gasteiger partial charge in [-0.1, -0.05) is 51.4 Å². The number of hydrogen-bond donors (Lipinski definition) is 1. The fraction of sp³-hybridized carbons (Fsp3) is 0.0625. The monoisotopic (exact) mass is 371 g/mol. The number of rotatable bonds is 2. The third-order valence-electron chi connectivity index (χ3n) is 3.69. The predicted molar refractivity (Wildman–Crippen MR) is 88.1 cm³/mol. The van der Waals surface area contributed by atoms with Crippen molar-refractivity contribution in [2.75, 3.05) is 5.32 Å². The second-order valence-corrected chi connectivity index (χ2v) is 6.04. The molecular formula is C16H11BrFN5. The largest absolute Gasteiger partial charge is 0.323 e. The Balaban J connectivity index is 1.85. The van der Waals surface area contributed by atoms with E-state index < -0.39 is 6.04 Å². The van der Waals surface area contributed by atoms with E-state index in [0.717, 1.165) is 15.7 Å². The highest BCUT2D eigenvalue weighted by molar-refractivity contribution is 9.10. The van der Waals surface area contributed by atoms with Crippen LogP contribution < -0.4 is 5.32 Å². The van der Waals surface area contributed by atoms with Gasteiger partial charge in [0.15, 0.2) is 0 Å². The second-order valence-electron chi connectivity index (χ2n) is 5.13. The molecule has 0 saturated heterocycles. The number of anilines is 1. The highest BCUT2D eigenvalue weighted by Gasteiger charge is 2.26. The Morgan fingerprint density at radius 3 is 2.83 bits per heavy atom. The van der Waals surface area contributed by atoms with Gasteiger partial charge >= 0.3 is 0 Å². The van der Waals surface area contributed by atoms with E-state index in [1.807, 2.05) is 30.3 Å². The van der Waals surface area contributed by atoms with Crippen molar-refractivity contribution in [3.8, 4) is 0 Å². The number of benzene rings is 2. The van der Waals surface area contributed by atoms with Crippen LogP contribution in [0.2, 0.25) is 0 Å². The highest BCUT2D eigenvalue weighted by Crippen LogP contribution is 2.33. The number of nitrogens with one attached hydrogen (secondary N) is 1. The number of halogens is 2. The third kappa shape index (κ3) is 2.53. The molecule has 3 aromatic rings. The highest BCUT2D eigenvalue weighted by atomic mass is 79.9. The first-order valence-corrected chi connectivity index (χ1v) is 7.79. The summed E-state index contributed by atoms with van der Waals surface area (Å²) in [5.74, 6) is 0.196. The summed E-state index contributed by atoms with van der Waals surface area (Å²) in [7, 11) is 0. The van der Waals surface area contributed by atoms with E-state index in [9.17, 15) is 4.39 Å². The summed E-state index contributed by atoms with van der Waals surface area (Å²) in [6, 6.07) is 14.1. The molecule has 2 aromatic carbocycles. The third-order valence-corrected chi connectivity index (χ3v) is 4.18. The Labute approximate surface area is 140 Å². The minimum atomic E-state index is -0.406. The first kappa shape index (κ1) is 14.1. The molecule has 7 heteroatoms. The lowest BCUT2D eigenvalue weighted by Gasteiger charge is -2.23. The lowest BCUT2D eigenvalue weighted by molar-refractivity contribution is 0.540. The van der Waals surface area contributed by atoms with Gasteiger partial charge in [0.05, 0.1) is 0 Å². The molecule has 0 aliphatic carbocycles. The van der Waals surface area contributed by atoms with Crippen LogP contribution in [0.3, 0.4) is 0 Å². The van der Waals surface area contributed by atoms with Crippen LogP contribution in [0.15, 0.2) is 59.1 Å². The number of aromatic nitrogens is 4. The van der Waals surface area contributed by atoms with E-state index in [1.54, 1.807) is 22.9 Å². The first-order valence-electron chi connectivity index (χ1n) is 6.99. The van der Waals surface area contributed by atoms with Gasteiger partial charge in [0, 0.05) is 15.7 Å². The lowest BCUT2D eigenvalue weighted by Crippen LogP contribution is -2.21. The molecule has 114 valence electrons. The van der Waals surface area contributed by atoms with Crippen LogP contribution in [-0.2, 0) is 0 Å². The van der Waals surface area contributed by atoms with Crippen molar-refractivity contribution in [1.82, 2.24) is 20.2 Å². The van der Waals surface area contributed by atoms with Crippen LogP contribution in [0.1, 0.15) is 17.2 Å². The molecule has 1 aromatic heterocycles. The van der Waals surface area contributed by atoms with Crippen LogP contribution in [-0.4, -0.2) is 20.2 Å². The Hall–Kier alpha value is -2.54. The van der Waals surface area contributed by atoms with Gasteiger partial charge in [-0.2, -0.15) is 4.68 Å². The first-order chi connectivity index (χ1) is 11.2. The van der Waals surface area contributed by atoms with Crippen molar-refractivity contribution < 1.29 is 4.39 Å². The zero-order chi connectivity index (χ0) is 15.8. The normalized spacial score (nSPS) is 16.4. The maximum absolute atomic E-state index is 14.2. The predicted octanol–water partition coefficient (Wildman–Crippen LogP) is 3.63. The average molecular weight is 372 g/mol. The van der Waals surface area contributed by atoms with Crippen LogP contribution in [0.4, 0.5) is 10.3 Å². The fourth-order valence-corrected chi connectivity index (χ4v) is 3.01. The molecule has 0 fully saturated rings. The molecule has 4 rings (SSSR count). The van der Waals surface area contributed by atoms with Crippen LogP contribution in [0.5, 0.6) is 0 Å². The Morgan fingerprint density at radius 1 is 1.13 bits per heavy atom. The van der Waals surface area contributed by atoms with Crippen molar-refractivity contribution in [1.29, 1.82) is 0 Å². The van der Waals surface area contributed by atoms with Gasteiger partial charge in [-0.25, -0.2) is 4.39 Å². The maximum Gasteiger partial charge on any atom is 0.248 e. The minimum absolute atomic E-state index is 0.286. The number of nitrogens with zero attached hydrogens (tertiary/aromatic N) is 4. The molecule has 0 spiro atoms. The van der Waals surface area contributed by atoms with Crippen molar-refractivity contribution >= 4 is 27.6 Å². The zero-order valence-electron chi connectivity index (χ0n) is 11.8. The van der Waals surface area contributed by atoms with Crippen LogP contribution >= 0.6 is 15.9 Å². The second kappa shape index (κ2) is 5.58. The van der Waals surface area contributed by atoms with Crippen LogP contribution in [0.25, 0.3) is 5.70 Å². The van der Waals surface area contributed by atoms with Gasteiger partial charge < -0.3 is 5.32 Å². The van der Waals surface area contributed by atoms with Gasteiger partial charge in [-0.15, -0.1) is 0 Å². The molecule has 23 heavy (non-hydrogen) atoms. The summed E-state index contributed by atoms with van der Waals surface area (Å²) in [6.45, 7) is 0. The quantitative estimate of drug-likeness (QED) is 0.747. The Morgan fingerprint density at radius 2 is 2.00 bits per heavy atom. The van der Waals surface area contributed by atoms with E-state index in [1.165, 1.54) is 6.07 Å². The van der Waals surface area contributed by atoms with Gasteiger partial charge in [0.2, 0.25) is 5.95 Å². The van der Waals surface area contributed by atoms with E-state index in [-0.39, 0.29) is 5.82 Å². The zero-order valence-corrected chi connectivity index (χ0v) is 13.4. The molecule has 1 N–H and O–H groups in total. The number of allylic oxidation sites excluding steroid dienone is 1. The molecule has 1 aliphatic rings. The molecular weight excluding hydrogens is 361 g/mol. The molecule has 0 saturated carbocycles. The van der Waals surface area contributed by atoms with Gasteiger partial charge in [0.1, 0.15) is 11.9 Å². The van der Waals surface area contributed by atoms with Crippen molar-refractivity contribution in [2.45, 2.75) is 6.04 Å². The van der Waals surface area contributed by atoms with E-state index >= 15 is 0 Å². The molecule has 0 radical (unpaired) electrons. The summed E-state index contributed by atoms with van der Waals surface area (Å²) in [6.07, 6.45) is 1.92. The van der Waals surface area contributed by atoms with Crippen molar-refractivity contribution in [2.24, 2.45) is 0 Å². The van der Waals surface area contributed by atoms with Gasteiger partial charge in [0.25, 0.3) is 0 Å². The fourth-order valence-electron chi connectivity index (χ4n) is 2.61. The lowest BCUT2D eigenvalue weighted by atomic mass is 10.0. The van der Waals surface area contributed by atoms with Crippen LogP contribution in [0, 0.1) is 5.82 Å².